The Morgan fingerprint density at radius 2 is 1.72 bits per heavy atom. The van der Waals surface area contributed by atoms with E-state index in [-0.39, 0.29) is 11.9 Å². The highest BCUT2D eigenvalue weighted by molar-refractivity contribution is 7.10. The Bertz CT molecular complexity index is 998. The molecule has 0 bridgehead atoms. The van der Waals surface area contributed by atoms with E-state index in [9.17, 15) is 4.79 Å². The second-order valence-electron chi connectivity index (χ2n) is 6.80. The van der Waals surface area contributed by atoms with Gasteiger partial charge in [0.05, 0.1) is 27.4 Å². The monoisotopic (exact) mass is 409 g/mol. The summed E-state index contributed by atoms with van der Waals surface area (Å²) in [4.78, 5) is 16.5. The van der Waals surface area contributed by atoms with Crippen LogP contribution in [0.25, 0.3) is 0 Å². The number of carbonyl (C=O) groups excluding carboxylic acids is 1. The van der Waals surface area contributed by atoms with Crippen LogP contribution in [0.15, 0.2) is 53.9 Å². The first kappa shape index (κ1) is 19.3. The summed E-state index contributed by atoms with van der Waals surface area (Å²) in [5, 5.41) is 2.04. The molecule has 0 fully saturated rings. The molecule has 0 aliphatic carbocycles. The van der Waals surface area contributed by atoms with Crippen LogP contribution in [0.3, 0.4) is 0 Å². The summed E-state index contributed by atoms with van der Waals surface area (Å²) in [6.07, 6.45) is 0.763. The summed E-state index contributed by atoms with van der Waals surface area (Å²) >= 11 is 1.65. The number of rotatable bonds is 5. The lowest BCUT2D eigenvalue weighted by molar-refractivity contribution is 0.0697. The SMILES string of the molecule is COc1ccc(C(=O)N2CCc3cc(OC)c(OC)cc3C2c2cccs2)cc1. The van der Waals surface area contributed by atoms with Gasteiger partial charge in [-0.25, -0.2) is 0 Å². The van der Waals surface area contributed by atoms with E-state index in [4.69, 9.17) is 14.2 Å². The van der Waals surface area contributed by atoms with Crippen molar-refractivity contribution in [1.29, 1.82) is 0 Å². The van der Waals surface area contributed by atoms with E-state index in [1.165, 1.54) is 5.56 Å². The highest BCUT2D eigenvalue weighted by Gasteiger charge is 2.34. The Hall–Kier alpha value is -2.99. The molecule has 0 saturated carbocycles. The number of nitrogens with zero attached hydrogens (tertiary/aromatic N) is 1. The average Bonchev–Trinajstić information content (AvgIpc) is 3.31. The molecule has 4 rings (SSSR count). The predicted molar refractivity (Wildman–Crippen MR) is 113 cm³/mol. The standard InChI is InChI=1S/C23H23NO4S/c1-26-17-8-6-15(7-9-17)23(25)24-11-10-16-13-19(27-2)20(28-3)14-18(16)22(24)21-5-4-12-29-21/h4-9,12-14,22H,10-11H2,1-3H3. The van der Waals surface area contributed by atoms with E-state index in [1.807, 2.05) is 52.7 Å². The summed E-state index contributed by atoms with van der Waals surface area (Å²) in [6.45, 7) is 0.635. The number of fused-ring (bicyclic) bond motifs is 1. The van der Waals surface area contributed by atoms with Crippen LogP contribution in [-0.4, -0.2) is 38.7 Å². The van der Waals surface area contributed by atoms with Crippen molar-refractivity contribution in [2.75, 3.05) is 27.9 Å². The number of ether oxygens (including phenoxy) is 3. The third-order valence-corrected chi connectivity index (χ3v) is 6.21. The normalized spacial score (nSPS) is 15.6. The van der Waals surface area contributed by atoms with E-state index in [2.05, 4.69) is 6.07 Å². The molecule has 150 valence electrons. The van der Waals surface area contributed by atoms with Gasteiger partial charge >= 0.3 is 0 Å². The molecule has 1 unspecified atom stereocenters. The first-order valence-corrected chi connectivity index (χ1v) is 10.3. The lowest BCUT2D eigenvalue weighted by atomic mass is 9.90. The van der Waals surface area contributed by atoms with Gasteiger partial charge in [-0.1, -0.05) is 6.07 Å². The van der Waals surface area contributed by atoms with Crippen LogP contribution in [0, 0.1) is 0 Å². The van der Waals surface area contributed by atoms with Gasteiger partial charge < -0.3 is 19.1 Å². The fraction of sp³-hybridized carbons (Fsp3) is 0.261. The van der Waals surface area contributed by atoms with Crippen molar-refractivity contribution in [2.45, 2.75) is 12.5 Å². The van der Waals surface area contributed by atoms with Gasteiger partial charge in [-0.15, -0.1) is 11.3 Å². The summed E-state index contributed by atoms with van der Waals surface area (Å²) in [5.74, 6) is 2.13. The maximum absolute atomic E-state index is 13.4. The number of amides is 1. The van der Waals surface area contributed by atoms with E-state index in [1.54, 1.807) is 32.7 Å². The van der Waals surface area contributed by atoms with Crippen LogP contribution in [-0.2, 0) is 6.42 Å². The molecule has 1 amide bonds. The van der Waals surface area contributed by atoms with Crippen LogP contribution in [0.5, 0.6) is 17.2 Å². The second-order valence-corrected chi connectivity index (χ2v) is 7.78. The first-order valence-electron chi connectivity index (χ1n) is 9.39. The molecule has 1 atom stereocenters. The predicted octanol–water partition coefficient (Wildman–Crippen LogP) is 4.56. The van der Waals surface area contributed by atoms with E-state index in [0.29, 0.717) is 23.6 Å². The van der Waals surface area contributed by atoms with Gasteiger partial charge in [0.1, 0.15) is 5.75 Å². The number of hydrogen-bond acceptors (Lipinski definition) is 5. The first-order chi connectivity index (χ1) is 14.2. The number of methoxy groups -OCH3 is 3. The zero-order valence-corrected chi connectivity index (χ0v) is 17.5. The molecule has 1 aliphatic rings. The molecule has 0 radical (unpaired) electrons. The summed E-state index contributed by atoms with van der Waals surface area (Å²) < 4.78 is 16.2. The zero-order chi connectivity index (χ0) is 20.4. The van der Waals surface area contributed by atoms with Crippen molar-refractivity contribution in [3.8, 4) is 17.2 Å². The second kappa shape index (κ2) is 8.17. The van der Waals surface area contributed by atoms with Crippen molar-refractivity contribution < 1.29 is 19.0 Å². The van der Waals surface area contributed by atoms with Gasteiger partial charge in [-0.3, -0.25) is 4.79 Å². The quantitative estimate of drug-likeness (QED) is 0.620. The van der Waals surface area contributed by atoms with Crippen molar-refractivity contribution in [2.24, 2.45) is 0 Å². The molecule has 0 spiro atoms. The van der Waals surface area contributed by atoms with Gasteiger partial charge in [-0.05, 0) is 65.4 Å². The smallest absolute Gasteiger partial charge is 0.254 e. The van der Waals surface area contributed by atoms with Gasteiger partial charge in [0.25, 0.3) is 5.91 Å². The number of carbonyl (C=O) groups is 1. The maximum atomic E-state index is 13.4. The molecule has 5 nitrogen and oxygen atoms in total. The zero-order valence-electron chi connectivity index (χ0n) is 16.7. The van der Waals surface area contributed by atoms with E-state index >= 15 is 0 Å². The molecular formula is C23H23NO4S. The Balaban J connectivity index is 1.78. The molecule has 0 saturated heterocycles. The Morgan fingerprint density at radius 3 is 2.34 bits per heavy atom. The van der Waals surface area contributed by atoms with E-state index < -0.39 is 0 Å². The number of benzene rings is 2. The summed E-state index contributed by atoms with van der Waals surface area (Å²) in [5.41, 5.74) is 2.91. The molecule has 3 aromatic rings. The molecule has 2 heterocycles. The van der Waals surface area contributed by atoms with Gasteiger partial charge in [0, 0.05) is 17.0 Å². The van der Waals surface area contributed by atoms with Gasteiger partial charge in [-0.2, -0.15) is 0 Å². The number of hydrogen-bond donors (Lipinski definition) is 0. The fourth-order valence-corrected chi connectivity index (χ4v) is 4.67. The van der Waals surface area contributed by atoms with Gasteiger partial charge in [0.15, 0.2) is 11.5 Å². The largest absolute Gasteiger partial charge is 0.497 e. The van der Waals surface area contributed by atoms with Crippen LogP contribution in [0.1, 0.15) is 32.4 Å². The third-order valence-electron chi connectivity index (χ3n) is 5.28. The molecule has 0 N–H and O–H groups in total. The minimum atomic E-state index is -0.159. The minimum Gasteiger partial charge on any atom is -0.497 e. The Morgan fingerprint density at radius 1 is 1.00 bits per heavy atom. The molecule has 1 aromatic heterocycles. The molecule has 2 aromatic carbocycles. The van der Waals surface area contributed by atoms with Crippen molar-refractivity contribution in [3.63, 3.8) is 0 Å². The third kappa shape index (κ3) is 3.56. The van der Waals surface area contributed by atoms with Crippen LogP contribution >= 0.6 is 11.3 Å². The average molecular weight is 410 g/mol. The van der Waals surface area contributed by atoms with Crippen LogP contribution < -0.4 is 14.2 Å². The van der Waals surface area contributed by atoms with E-state index in [0.717, 1.165) is 22.6 Å². The van der Waals surface area contributed by atoms with Crippen molar-refractivity contribution in [3.05, 3.63) is 75.5 Å². The van der Waals surface area contributed by atoms with Crippen LogP contribution in [0.4, 0.5) is 0 Å². The lowest BCUT2D eigenvalue weighted by Crippen LogP contribution is -2.40. The fourth-order valence-electron chi connectivity index (χ4n) is 3.82. The minimum absolute atomic E-state index is 0.00601. The van der Waals surface area contributed by atoms with Crippen molar-refractivity contribution in [1.82, 2.24) is 4.90 Å². The Kier molecular flexibility index (Phi) is 5.45. The van der Waals surface area contributed by atoms with Gasteiger partial charge in [0.2, 0.25) is 0 Å². The lowest BCUT2D eigenvalue weighted by Gasteiger charge is -2.37. The Labute approximate surface area is 174 Å². The van der Waals surface area contributed by atoms with Crippen LogP contribution in [0.2, 0.25) is 0 Å². The molecular weight excluding hydrogens is 386 g/mol. The molecule has 29 heavy (non-hydrogen) atoms. The highest BCUT2D eigenvalue weighted by Crippen LogP contribution is 2.42. The highest BCUT2D eigenvalue weighted by atomic mass is 32.1. The summed E-state index contributed by atoms with van der Waals surface area (Å²) in [6, 6.07) is 15.2. The molecule has 1 aliphatic heterocycles. The number of thiophene rings is 1. The molecule has 6 heteroatoms. The maximum Gasteiger partial charge on any atom is 0.254 e. The topological polar surface area (TPSA) is 48.0 Å². The van der Waals surface area contributed by atoms with Crippen molar-refractivity contribution >= 4 is 17.2 Å². The summed E-state index contributed by atoms with van der Waals surface area (Å²) in [7, 11) is 4.89.